The first-order valence-corrected chi connectivity index (χ1v) is 11.7. The molecule has 1 atom stereocenters. The van der Waals surface area contributed by atoms with E-state index < -0.39 is 0 Å². The molecule has 1 aliphatic rings. The first-order chi connectivity index (χ1) is 12.5. The number of Topliss-reactive ketones (excluding diaryl/α,β-unsaturated/α-hetero) is 1. The maximum atomic E-state index is 12.5. The summed E-state index contributed by atoms with van der Waals surface area (Å²) >= 11 is 0. The Morgan fingerprint density at radius 2 is 1.69 bits per heavy atom. The summed E-state index contributed by atoms with van der Waals surface area (Å²) in [6.45, 7) is 7.02. The highest BCUT2D eigenvalue weighted by atomic mass is 31.1. The van der Waals surface area contributed by atoms with Gasteiger partial charge in [0.05, 0.1) is 0 Å². The number of carbonyl (C=O) groups is 1. The van der Waals surface area contributed by atoms with Crippen molar-refractivity contribution in [3.05, 3.63) is 29.8 Å². The monoisotopic (exact) mass is 413 g/mol. The topological polar surface area (TPSA) is 54.5 Å². The molecule has 0 spiro atoms. The van der Waals surface area contributed by atoms with Gasteiger partial charge in [-0.1, -0.05) is 44.5 Å². The summed E-state index contributed by atoms with van der Waals surface area (Å²) < 4.78 is 21.5. The maximum absolute atomic E-state index is 12.5. The minimum absolute atomic E-state index is 0.0382. The van der Waals surface area contributed by atoms with Crippen molar-refractivity contribution >= 4 is 37.2 Å². The van der Waals surface area contributed by atoms with Gasteiger partial charge in [-0.3, -0.25) is 13.9 Å². The Balaban J connectivity index is 0.00000105. The van der Waals surface area contributed by atoms with Crippen LogP contribution >= 0.6 is 26.2 Å². The molecule has 1 aliphatic heterocycles. The number of carbonyl (C=O) groups excluding carboxylic acids is 1. The fourth-order valence-electron chi connectivity index (χ4n) is 2.92. The molecule has 0 saturated carbocycles. The lowest BCUT2D eigenvalue weighted by molar-refractivity contribution is 0.0839. The largest absolute Gasteiger partial charge is 0.303 e. The fraction of sp³-hybridized carbons (Fsp3) is 0.632. The number of ketones is 1. The first-order valence-electron chi connectivity index (χ1n) is 9.32. The Labute approximate surface area is 163 Å². The summed E-state index contributed by atoms with van der Waals surface area (Å²) in [7, 11) is 2.55. The van der Waals surface area contributed by atoms with E-state index in [9.17, 15) is 13.9 Å². The number of piperidine rings is 1. The van der Waals surface area contributed by atoms with E-state index in [0.29, 0.717) is 6.42 Å². The number of rotatable bonds is 8. The second-order valence-electron chi connectivity index (χ2n) is 6.64. The molecule has 0 amide bonds. The lowest BCUT2D eigenvalue weighted by Crippen LogP contribution is -2.37. The molecule has 0 bridgehead atoms. The van der Waals surface area contributed by atoms with E-state index in [0.717, 1.165) is 49.8 Å². The molecule has 0 N–H and O–H groups in total. The predicted octanol–water partition coefficient (Wildman–Crippen LogP) is 5.19. The average Bonchev–Trinajstić information content (AvgIpc) is 2.66. The Morgan fingerprint density at radius 1 is 1.15 bits per heavy atom. The van der Waals surface area contributed by atoms with Gasteiger partial charge < -0.3 is 4.90 Å². The Hall–Kier alpha value is -0.520. The Kier molecular flexibility index (Phi) is 12.3. The van der Waals surface area contributed by atoms with Crippen LogP contribution in [-0.4, -0.2) is 35.7 Å². The fourth-order valence-corrected chi connectivity index (χ4v) is 3.85. The van der Waals surface area contributed by atoms with E-state index in [1.165, 1.54) is 6.42 Å². The van der Waals surface area contributed by atoms with Gasteiger partial charge in [-0.05, 0) is 50.6 Å². The number of likely N-dealkylation sites (tertiary alicyclic amines) is 1. The molecule has 7 heteroatoms. The standard InChI is InChI=1S/C16H22NO3P3.C3H8/c18-16(12-3-5-14(21)6-4-12)13-7-10-17(11-8-13)9-1-2-15(22-19)23-20;1-3-2/h3-6,13,15H,1-2,7-11,21H2;3H2,1-2H3. The van der Waals surface area contributed by atoms with Gasteiger partial charge in [-0.15, -0.1) is 9.24 Å². The smallest absolute Gasteiger partial charge is 0.171 e. The summed E-state index contributed by atoms with van der Waals surface area (Å²) in [6.07, 6.45) is 4.63. The van der Waals surface area contributed by atoms with Crippen molar-refractivity contribution in [2.75, 3.05) is 19.6 Å². The molecule has 0 aliphatic carbocycles. The van der Waals surface area contributed by atoms with Crippen LogP contribution in [0.25, 0.3) is 0 Å². The number of hydrogen-bond acceptors (Lipinski definition) is 4. The van der Waals surface area contributed by atoms with Crippen molar-refractivity contribution < 1.29 is 13.9 Å². The van der Waals surface area contributed by atoms with Gasteiger partial charge >= 0.3 is 0 Å². The minimum atomic E-state index is -0.270. The van der Waals surface area contributed by atoms with Crippen LogP contribution in [0.1, 0.15) is 56.3 Å². The molecule has 0 aromatic heterocycles. The van der Waals surface area contributed by atoms with E-state index in [1.807, 2.05) is 24.3 Å². The van der Waals surface area contributed by atoms with E-state index >= 15 is 0 Å². The van der Waals surface area contributed by atoms with Gasteiger partial charge in [0.25, 0.3) is 0 Å². The van der Waals surface area contributed by atoms with Gasteiger partial charge in [0.15, 0.2) is 22.7 Å². The quantitative estimate of drug-likeness (QED) is 0.435. The van der Waals surface area contributed by atoms with Gasteiger partial charge in [-0.25, -0.2) is 0 Å². The zero-order valence-electron chi connectivity index (χ0n) is 15.8. The van der Waals surface area contributed by atoms with Gasteiger partial charge in [-0.2, -0.15) is 0 Å². The Morgan fingerprint density at radius 3 is 2.19 bits per heavy atom. The highest BCUT2D eigenvalue weighted by Crippen LogP contribution is 2.25. The highest BCUT2D eigenvalue weighted by molar-refractivity contribution is 7.44. The molecule has 2 rings (SSSR count). The molecule has 1 fully saturated rings. The average molecular weight is 413 g/mol. The Bertz CT molecular complexity index is 550. The first kappa shape index (κ1) is 23.5. The van der Waals surface area contributed by atoms with Crippen LogP contribution in [0.2, 0.25) is 0 Å². The molecule has 1 unspecified atom stereocenters. The molecular formula is C19H30NO3P3. The predicted molar refractivity (Wildman–Crippen MR) is 113 cm³/mol. The van der Waals surface area contributed by atoms with Crippen molar-refractivity contribution in [3.8, 4) is 0 Å². The van der Waals surface area contributed by atoms with Crippen LogP contribution in [0.15, 0.2) is 24.3 Å². The second kappa shape index (κ2) is 13.6. The molecule has 26 heavy (non-hydrogen) atoms. The van der Waals surface area contributed by atoms with Crippen molar-refractivity contribution in [3.63, 3.8) is 0 Å². The number of nitrogens with zero attached hydrogens (tertiary/aromatic N) is 1. The molecular weight excluding hydrogens is 383 g/mol. The third kappa shape index (κ3) is 8.45. The van der Waals surface area contributed by atoms with Crippen LogP contribution in [-0.2, 0) is 9.13 Å². The highest BCUT2D eigenvalue weighted by Gasteiger charge is 2.25. The summed E-state index contributed by atoms with van der Waals surface area (Å²) in [4.78, 5) is 14.8. The van der Waals surface area contributed by atoms with Gasteiger partial charge in [0.1, 0.15) is 5.40 Å². The number of benzene rings is 1. The van der Waals surface area contributed by atoms with Crippen molar-refractivity contribution in [1.29, 1.82) is 0 Å². The molecule has 1 aromatic rings. The van der Waals surface area contributed by atoms with Crippen molar-refractivity contribution in [2.24, 2.45) is 5.92 Å². The van der Waals surface area contributed by atoms with E-state index in [1.54, 1.807) is 0 Å². The molecule has 1 saturated heterocycles. The normalized spacial score (nSPS) is 16.9. The van der Waals surface area contributed by atoms with Crippen LogP contribution in [0.5, 0.6) is 0 Å². The lowest BCUT2D eigenvalue weighted by Gasteiger charge is -2.31. The molecule has 144 valence electrons. The van der Waals surface area contributed by atoms with E-state index in [2.05, 4.69) is 28.0 Å². The molecule has 0 radical (unpaired) electrons. The molecule has 1 heterocycles. The third-order valence-corrected chi connectivity index (χ3v) is 6.29. The third-order valence-electron chi connectivity index (χ3n) is 4.33. The minimum Gasteiger partial charge on any atom is -0.303 e. The van der Waals surface area contributed by atoms with Crippen LogP contribution in [0.3, 0.4) is 0 Å². The second-order valence-corrected chi connectivity index (χ2v) is 9.39. The van der Waals surface area contributed by atoms with Crippen molar-refractivity contribution in [2.45, 2.75) is 51.4 Å². The zero-order valence-corrected chi connectivity index (χ0v) is 18.7. The number of hydrogen-bond donors (Lipinski definition) is 0. The maximum Gasteiger partial charge on any atom is 0.171 e. The summed E-state index contributed by atoms with van der Waals surface area (Å²) in [5, 5.41) is 0.818. The summed E-state index contributed by atoms with van der Waals surface area (Å²) in [5.41, 5.74) is 0.807. The van der Waals surface area contributed by atoms with Crippen LogP contribution in [0, 0.1) is 5.92 Å². The zero-order chi connectivity index (χ0) is 19.4. The summed E-state index contributed by atoms with van der Waals surface area (Å²) in [6, 6.07) is 7.71. The SMILES string of the molecule is CCC.O=PC(CCCN1CCC(C(=O)c2ccc(P)cc2)CC1)P=O. The molecule has 1 aromatic carbocycles. The van der Waals surface area contributed by atoms with Gasteiger partial charge in [0.2, 0.25) is 0 Å². The molecule has 4 nitrogen and oxygen atoms in total. The van der Waals surface area contributed by atoms with Crippen LogP contribution < -0.4 is 5.30 Å². The lowest BCUT2D eigenvalue weighted by atomic mass is 9.89. The van der Waals surface area contributed by atoms with Crippen LogP contribution in [0.4, 0.5) is 0 Å². The van der Waals surface area contributed by atoms with Crippen molar-refractivity contribution in [1.82, 2.24) is 4.90 Å². The van der Waals surface area contributed by atoms with E-state index in [-0.39, 0.29) is 34.0 Å². The van der Waals surface area contributed by atoms with E-state index in [4.69, 9.17) is 0 Å². The van der Waals surface area contributed by atoms with Gasteiger partial charge in [0, 0.05) is 11.5 Å². The summed E-state index contributed by atoms with van der Waals surface area (Å²) in [5.74, 6) is 0.375.